The Balaban J connectivity index is 1.54. The zero-order valence-corrected chi connectivity index (χ0v) is 16.6. The van der Waals surface area contributed by atoms with Crippen molar-refractivity contribution in [2.75, 3.05) is 31.2 Å². The van der Waals surface area contributed by atoms with E-state index in [1.165, 1.54) is 12.8 Å². The molecule has 4 rings (SSSR count). The number of nitrogens with two attached hydrogens (primary N) is 1. The monoisotopic (exact) mass is 393 g/mol. The molecule has 3 aromatic rings. The molecule has 8 heteroatoms. The Morgan fingerprint density at radius 1 is 1.24 bits per heavy atom. The molecule has 1 fully saturated rings. The van der Waals surface area contributed by atoms with Gasteiger partial charge in [-0.1, -0.05) is 0 Å². The zero-order chi connectivity index (χ0) is 20.4. The molecule has 0 spiro atoms. The number of imidazole rings is 1. The Hall–Kier alpha value is -3.05. The number of benzene rings is 1. The summed E-state index contributed by atoms with van der Waals surface area (Å²) in [5, 5.41) is 7.10. The lowest BCUT2D eigenvalue weighted by Crippen LogP contribution is -2.28. The molecular weight excluding hydrogens is 366 g/mol. The van der Waals surface area contributed by atoms with Gasteiger partial charge in [-0.05, 0) is 57.2 Å². The predicted molar refractivity (Wildman–Crippen MR) is 117 cm³/mol. The highest BCUT2D eigenvalue weighted by Crippen LogP contribution is 2.28. The second-order valence-corrected chi connectivity index (χ2v) is 7.77. The number of aromatic nitrogens is 4. The van der Waals surface area contributed by atoms with Crippen molar-refractivity contribution in [1.82, 2.24) is 25.3 Å². The number of terminal acetylenes is 1. The molecule has 8 nitrogen and oxygen atoms in total. The average Bonchev–Trinajstić information content (AvgIpc) is 3.14. The number of H-pyrrole nitrogens is 2. The molecular formula is C21H27N7O. The third kappa shape index (κ3) is 3.91. The molecule has 1 aromatic carbocycles. The van der Waals surface area contributed by atoms with Crippen molar-refractivity contribution >= 4 is 33.8 Å². The van der Waals surface area contributed by atoms with Gasteiger partial charge in [0.05, 0.1) is 21.9 Å². The summed E-state index contributed by atoms with van der Waals surface area (Å²) in [6.45, 7) is 1.75. The van der Waals surface area contributed by atoms with E-state index in [1.807, 2.05) is 0 Å². The van der Waals surface area contributed by atoms with Gasteiger partial charge in [0.15, 0.2) is 0 Å². The summed E-state index contributed by atoms with van der Waals surface area (Å²) in [6.07, 6.45) is 10.9. The van der Waals surface area contributed by atoms with Crippen molar-refractivity contribution < 1.29 is 0 Å². The average molecular weight is 393 g/mol. The SMILES string of the molecule is C#CC1CCC(CNCCc2c3nc(NC)[nH]c3cc3c(=O)[nH]c(N)nc23)CC1. The van der Waals surface area contributed by atoms with Crippen LogP contribution >= 0.6 is 0 Å². The van der Waals surface area contributed by atoms with Crippen LogP contribution in [0.5, 0.6) is 0 Å². The van der Waals surface area contributed by atoms with Crippen LogP contribution in [0.15, 0.2) is 10.9 Å². The minimum Gasteiger partial charge on any atom is -0.369 e. The van der Waals surface area contributed by atoms with E-state index in [2.05, 4.69) is 36.5 Å². The van der Waals surface area contributed by atoms with Gasteiger partial charge in [0.25, 0.3) is 5.56 Å². The predicted octanol–water partition coefficient (Wildman–Crippen LogP) is 1.99. The number of fused-ring (bicyclic) bond motifs is 2. The summed E-state index contributed by atoms with van der Waals surface area (Å²) < 4.78 is 0. The number of anilines is 2. The minimum absolute atomic E-state index is 0.116. The first-order valence-corrected chi connectivity index (χ1v) is 10.1. The van der Waals surface area contributed by atoms with Crippen molar-refractivity contribution in [3.63, 3.8) is 0 Å². The highest BCUT2D eigenvalue weighted by molar-refractivity contribution is 5.98. The largest absolute Gasteiger partial charge is 0.369 e. The van der Waals surface area contributed by atoms with Crippen LogP contribution in [0.25, 0.3) is 21.9 Å². The molecule has 1 aliphatic rings. The second-order valence-electron chi connectivity index (χ2n) is 7.77. The first-order valence-electron chi connectivity index (χ1n) is 10.1. The lowest BCUT2D eigenvalue weighted by Gasteiger charge is -2.25. The van der Waals surface area contributed by atoms with Gasteiger partial charge in [-0.3, -0.25) is 9.78 Å². The third-order valence-electron chi connectivity index (χ3n) is 5.87. The van der Waals surface area contributed by atoms with Gasteiger partial charge in [0, 0.05) is 18.5 Å². The molecule has 0 unspecified atom stereocenters. The molecule has 0 bridgehead atoms. The fraction of sp³-hybridized carbons (Fsp3) is 0.476. The first kappa shape index (κ1) is 19.3. The van der Waals surface area contributed by atoms with Gasteiger partial charge in [0.1, 0.15) is 0 Å². The summed E-state index contributed by atoms with van der Waals surface area (Å²) in [4.78, 5) is 27.2. The maximum atomic E-state index is 12.4. The molecule has 2 heterocycles. The number of aromatic amines is 2. The van der Waals surface area contributed by atoms with Crippen molar-refractivity contribution in [3.8, 4) is 12.3 Å². The van der Waals surface area contributed by atoms with Crippen LogP contribution < -0.4 is 21.9 Å². The van der Waals surface area contributed by atoms with Gasteiger partial charge in [-0.2, -0.15) is 0 Å². The van der Waals surface area contributed by atoms with Crippen LogP contribution in [0.3, 0.4) is 0 Å². The molecule has 29 heavy (non-hydrogen) atoms. The highest BCUT2D eigenvalue weighted by Gasteiger charge is 2.20. The van der Waals surface area contributed by atoms with Crippen molar-refractivity contribution in [1.29, 1.82) is 0 Å². The lowest BCUT2D eigenvalue weighted by molar-refractivity contribution is 0.306. The smallest absolute Gasteiger partial charge is 0.260 e. The van der Waals surface area contributed by atoms with Crippen LogP contribution in [0.4, 0.5) is 11.9 Å². The van der Waals surface area contributed by atoms with E-state index in [0.717, 1.165) is 42.5 Å². The van der Waals surface area contributed by atoms with Crippen LogP contribution in [0, 0.1) is 24.2 Å². The van der Waals surface area contributed by atoms with Crippen molar-refractivity contribution in [2.45, 2.75) is 32.1 Å². The Bertz CT molecular complexity index is 1120. The summed E-state index contributed by atoms with van der Waals surface area (Å²) in [5.74, 6) is 4.77. The van der Waals surface area contributed by atoms with Crippen molar-refractivity contribution in [3.05, 3.63) is 22.0 Å². The van der Waals surface area contributed by atoms with Gasteiger partial charge in [0.2, 0.25) is 11.9 Å². The zero-order valence-electron chi connectivity index (χ0n) is 16.6. The molecule has 1 saturated carbocycles. The second kappa shape index (κ2) is 8.13. The fourth-order valence-electron chi connectivity index (χ4n) is 4.25. The standard InChI is InChI=1S/C21H27N7O/c1-3-12-4-6-13(7-5-12)11-24-9-8-14-17-15(19(29)28-20(22)26-17)10-16-18(14)27-21(23-2)25-16/h1,10,12-13,24H,4-9,11H2,2H3,(H2,23,25,27)(H3,22,26,28,29). The summed E-state index contributed by atoms with van der Waals surface area (Å²) in [6, 6.07) is 1.78. The third-order valence-corrected chi connectivity index (χ3v) is 5.87. The summed E-state index contributed by atoms with van der Waals surface area (Å²) >= 11 is 0. The maximum absolute atomic E-state index is 12.4. The van der Waals surface area contributed by atoms with Crippen LogP contribution in [-0.2, 0) is 6.42 Å². The van der Waals surface area contributed by atoms with Crippen LogP contribution in [0.2, 0.25) is 0 Å². The highest BCUT2D eigenvalue weighted by atomic mass is 16.1. The van der Waals surface area contributed by atoms with E-state index < -0.39 is 0 Å². The van der Waals surface area contributed by atoms with Gasteiger partial charge in [-0.15, -0.1) is 12.3 Å². The molecule has 0 atom stereocenters. The van der Waals surface area contributed by atoms with Gasteiger partial charge in [-0.25, -0.2) is 9.97 Å². The van der Waals surface area contributed by atoms with E-state index >= 15 is 0 Å². The number of hydrogen-bond acceptors (Lipinski definition) is 6. The van der Waals surface area contributed by atoms with E-state index in [9.17, 15) is 4.79 Å². The first-order chi connectivity index (χ1) is 14.1. The molecule has 1 aliphatic carbocycles. The number of nitrogens with zero attached hydrogens (tertiary/aromatic N) is 2. The molecule has 0 saturated heterocycles. The Kier molecular flexibility index (Phi) is 5.41. The summed E-state index contributed by atoms with van der Waals surface area (Å²) in [7, 11) is 1.80. The molecule has 0 aliphatic heterocycles. The Morgan fingerprint density at radius 3 is 2.76 bits per heavy atom. The molecule has 0 radical (unpaired) electrons. The number of hydrogen-bond donors (Lipinski definition) is 5. The Labute approximate surface area is 169 Å². The number of rotatable bonds is 6. The molecule has 152 valence electrons. The summed E-state index contributed by atoms with van der Waals surface area (Å²) in [5.41, 5.74) is 8.73. The lowest BCUT2D eigenvalue weighted by atomic mass is 9.82. The van der Waals surface area contributed by atoms with Crippen molar-refractivity contribution in [2.24, 2.45) is 11.8 Å². The number of nitrogens with one attached hydrogen (secondary N) is 4. The quantitative estimate of drug-likeness (QED) is 0.322. The molecule has 0 amide bonds. The Morgan fingerprint density at radius 2 is 2.03 bits per heavy atom. The van der Waals surface area contributed by atoms with Crippen LogP contribution in [-0.4, -0.2) is 40.1 Å². The molecule has 6 N–H and O–H groups in total. The van der Waals surface area contributed by atoms with Crippen LogP contribution in [0.1, 0.15) is 31.2 Å². The van der Waals surface area contributed by atoms with E-state index in [1.54, 1.807) is 13.1 Å². The topological polar surface area (TPSA) is 125 Å². The van der Waals surface area contributed by atoms with Gasteiger partial charge >= 0.3 is 0 Å². The maximum Gasteiger partial charge on any atom is 0.260 e. The van der Waals surface area contributed by atoms with E-state index in [4.69, 9.17) is 12.2 Å². The minimum atomic E-state index is -0.241. The normalized spacial score (nSPS) is 19.4. The fourth-order valence-corrected chi connectivity index (χ4v) is 4.25. The van der Waals surface area contributed by atoms with Gasteiger partial charge < -0.3 is 21.4 Å². The number of nitrogen functional groups attached to an aromatic ring is 1. The van der Waals surface area contributed by atoms with E-state index in [0.29, 0.717) is 35.1 Å². The molecule has 2 aromatic heterocycles. The van der Waals surface area contributed by atoms with E-state index in [-0.39, 0.29) is 11.5 Å².